The molecule has 2 rings (SSSR count). The maximum Gasteiger partial charge on any atom is 0.191 e. The van der Waals surface area contributed by atoms with Crippen molar-refractivity contribution in [3.05, 3.63) is 47.0 Å². The molecule has 0 aromatic heterocycles. The number of aliphatic hydroxyl groups is 1. The minimum absolute atomic E-state index is 0.154. The van der Waals surface area contributed by atoms with Gasteiger partial charge in [-0.15, -0.1) is 0 Å². The molecule has 94 valence electrons. The van der Waals surface area contributed by atoms with E-state index < -0.39 is 11.6 Å². The average Bonchev–Trinajstić information content (AvgIpc) is 2.33. The van der Waals surface area contributed by atoms with Gasteiger partial charge in [0.15, 0.2) is 11.6 Å². The van der Waals surface area contributed by atoms with Gasteiger partial charge in [-0.3, -0.25) is 9.59 Å². The first-order valence-corrected chi connectivity index (χ1v) is 5.73. The molecule has 2 atom stereocenters. The molecule has 0 heterocycles. The van der Waals surface area contributed by atoms with Crippen LogP contribution < -0.4 is 5.73 Å². The van der Waals surface area contributed by atoms with Gasteiger partial charge < -0.3 is 10.8 Å². The minimum Gasteiger partial charge on any atom is -0.391 e. The lowest BCUT2D eigenvalue weighted by Crippen LogP contribution is -2.51. The van der Waals surface area contributed by atoms with Gasteiger partial charge in [0.05, 0.1) is 11.6 Å². The van der Waals surface area contributed by atoms with Crippen molar-refractivity contribution in [1.82, 2.24) is 0 Å². The Hall–Kier alpha value is -1.78. The lowest BCUT2D eigenvalue weighted by atomic mass is 9.78. The second kappa shape index (κ2) is 4.15. The predicted octanol–water partition coefficient (Wildman–Crippen LogP) is 1.09. The first kappa shape index (κ1) is 12.7. The summed E-state index contributed by atoms with van der Waals surface area (Å²) in [5.74, 6) is -0.548. The number of benzene rings is 1. The zero-order chi connectivity index (χ0) is 13.5. The van der Waals surface area contributed by atoms with Crippen molar-refractivity contribution in [2.24, 2.45) is 5.73 Å². The summed E-state index contributed by atoms with van der Waals surface area (Å²) in [6, 6.07) is 6.61. The molecule has 1 aliphatic carbocycles. The summed E-state index contributed by atoms with van der Waals surface area (Å²) in [5.41, 5.74) is 5.60. The highest BCUT2D eigenvalue weighted by atomic mass is 16.3. The molecular weight excluding hydrogens is 230 g/mol. The topological polar surface area (TPSA) is 80.4 Å². The van der Waals surface area contributed by atoms with E-state index in [2.05, 4.69) is 0 Å². The monoisotopic (exact) mass is 245 g/mol. The number of hydrogen-bond donors (Lipinski definition) is 2. The predicted molar refractivity (Wildman–Crippen MR) is 67.5 cm³/mol. The molecule has 18 heavy (non-hydrogen) atoms. The third-order valence-corrected chi connectivity index (χ3v) is 3.41. The van der Waals surface area contributed by atoms with E-state index in [1.807, 2.05) is 0 Å². The van der Waals surface area contributed by atoms with Crippen LogP contribution in [0.2, 0.25) is 0 Å². The number of carbonyl (C=O) groups excluding carboxylic acids is 2. The molecule has 0 bridgehead atoms. The van der Waals surface area contributed by atoms with E-state index in [0.717, 1.165) is 0 Å². The Morgan fingerprint density at radius 1 is 1.22 bits per heavy atom. The summed E-state index contributed by atoms with van der Waals surface area (Å²) in [7, 11) is 0. The van der Waals surface area contributed by atoms with E-state index in [1.54, 1.807) is 31.2 Å². The maximum atomic E-state index is 12.3. The molecule has 4 heteroatoms. The fourth-order valence-corrected chi connectivity index (χ4v) is 1.94. The second-order valence-corrected chi connectivity index (χ2v) is 4.76. The molecule has 2 unspecified atom stereocenters. The van der Waals surface area contributed by atoms with Gasteiger partial charge in [0.2, 0.25) is 0 Å². The number of Topliss-reactive ketones (excluding diaryl/α,β-unsaturated/α-hetero) is 1. The fourth-order valence-electron chi connectivity index (χ4n) is 1.94. The van der Waals surface area contributed by atoms with Crippen LogP contribution in [0.15, 0.2) is 35.9 Å². The normalized spacial score (nSPS) is 19.9. The van der Waals surface area contributed by atoms with E-state index >= 15 is 0 Å². The summed E-state index contributed by atoms with van der Waals surface area (Å²) in [6.07, 6.45) is 0.308. The van der Waals surface area contributed by atoms with Crippen LogP contribution in [0, 0.1) is 0 Å². The Kier molecular flexibility index (Phi) is 2.92. The molecule has 1 aromatic carbocycles. The van der Waals surface area contributed by atoms with Gasteiger partial charge in [0.25, 0.3) is 0 Å². The molecule has 0 fully saturated rings. The molecule has 1 aromatic rings. The van der Waals surface area contributed by atoms with Crippen LogP contribution in [-0.2, 0) is 0 Å². The summed E-state index contributed by atoms with van der Waals surface area (Å²) in [4.78, 5) is 24.2. The van der Waals surface area contributed by atoms with E-state index in [4.69, 9.17) is 5.73 Å². The van der Waals surface area contributed by atoms with Crippen molar-refractivity contribution < 1.29 is 14.7 Å². The SMILES string of the molecule is CC(O)C(C)(N)C1=CC(=O)c2ccccc2C1=O. The lowest BCUT2D eigenvalue weighted by molar-refractivity contribution is 0.0912. The molecule has 0 saturated carbocycles. The van der Waals surface area contributed by atoms with Crippen molar-refractivity contribution in [1.29, 1.82) is 0 Å². The van der Waals surface area contributed by atoms with Gasteiger partial charge in [0.1, 0.15) is 0 Å². The summed E-state index contributed by atoms with van der Waals surface area (Å²) < 4.78 is 0. The van der Waals surface area contributed by atoms with E-state index in [0.29, 0.717) is 11.1 Å². The van der Waals surface area contributed by atoms with Gasteiger partial charge in [-0.2, -0.15) is 0 Å². The van der Waals surface area contributed by atoms with Gasteiger partial charge >= 0.3 is 0 Å². The van der Waals surface area contributed by atoms with Gasteiger partial charge in [-0.05, 0) is 19.9 Å². The first-order valence-electron chi connectivity index (χ1n) is 5.73. The summed E-state index contributed by atoms with van der Waals surface area (Å²) in [6.45, 7) is 3.04. The zero-order valence-electron chi connectivity index (χ0n) is 10.3. The van der Waals surface area contributed by atoms with Crippen LogP contribution in [0.4, 0.5) is 0 Å². The highest BCUT2D eigenvalue weighted by Crippen LogP contribution is 2.28. The van der Waals surface area contributed by atoms with Crippen LogP contribution in [0.5, 0.6) is 0 Å². The largest absolute Gasteiger partial charge is 0.391 e. The van der Waals surface area contributed by atoms with Crippen LogP contribution >= 0.6 is 0 Å². The highest BCUT2D eigenvalue weighted by molar-refractivity contribution is 6.25. The highest BCUT2D eigenvalue weighted by Gasteiger charge is 2.38. The Bertz CT molecular complexity index is 556. The fraction of sp³-hybridized carbons (Fsp3) is 0.286. The Labute approximate surface area is 105 Å². The van der Waals surface area contributed by atoms with E-state index in [1.165, 1.54) is 13.0 Å². The van der Waals surface area contributed by atoms with Crippen molar-refractivity contribution in [2.45, 2.75) is 25.5 Å². The smallest absolute Gasteiger partial charge is 0.191 e. The molecule has 0 radical (unpaired) electrons. The molecular formula is C14H15NO3. The van der Waals surface area contributed by atoms with Crippen molar-refractivity contribution in [3.8, 4) is 0 Å². The molecule has 1 aliphatic rings. The van der Waals surface area contributed by atoms with Crippen LogP contribution in [-0.4, -0.2) is 28.3 Å². The number of nitrogens with two attached hydrogens (primary N) is 1. The number of aliphatic hydroxyl groups excluding tert-OH is 1. The number of carbonyl (C=O) groups is 2. The van der Waals surface area contributed by atoms with Crippen LogP contribution in [0.1, 0.15) is 34.6 Å². The molecule has 0 saturated heterocycles. The quantitative estimate of drug-likeness (QED) is 0.817. The van der Waals surface area contributed by atoms with Crippen molar-refractivity contribution >= 4 is 11.6 Å². The Morgan fingerprint density at radius 3 is 2.33 bits per heavy atom. The zero-order valence-corrected chi connectivity index (χ0v) is 10.3. The third kappa shape index (κ3) is 1.79. The van der Waals surface area contributed by atoms with Gasteiger partial charge in [-0.1, -0.05) is 24.3 Å². The standard InChI is InChI=1S/C14H15NO3/c1-8(16)14(2,15)11-7-12(17)9-5-3-4-6-10(9)13(11)18/h3-8,16H,15H2,1-2H3. The van der Waals surface area contributed by atoms with E-state index in [-0.39, 0.29) is 17.1 Å². The van der Waals surface area contributed by atoms with Crippen LogP contribution in [0.25, 0.3) is 0 Å². The summed E-state index contributed by atoms with van der Waals surface area (Å²) in [5, 5.41) is 9.66. The summed E-state index contributed by atoms with van der Waals surface area (Å²) >= 11 is 0. The number of rotatable bonds is 2. The van der Waals surface area contributed by atoms with Gasteiger partial charge in [-0.25, -0.2) is 0 Å². The molecule has 3 N–H and O–H groups in total. The van der Waals surface area contributed by atoms with E-state index in [9.17, 15) is 14.7 Å². The van der Waals surface area contributed by atoms with Crippen molar-refractivity contribution in [3.63, 3.8) is 0 Å². The molecule has 0 amide bonds. The lowest BCUT2D eigenvalue weighted by Gasteiger charge is -2.31. The second-order valence-electron chi connectivity index (χ2n) is 4.76. The molecule has 4 nitrogen and oxygen atoms in total. The van der Waals surface area contributed by atoms with Crippen LogP contribution in [0.3, 0.4) is 0 Å². The number of ketones is 2. The number of hydrogen-bond acceptors (Lipinski definition) is 4. The Morgan fingerprint density at radius 2 is 1.78 bits per heavy atom. The average molecular weight is 245 g/mol. The third-order valence-electron chi connectivity index (χ3n) is 3.41. The molecule has 0 spiro atoms. The minimum atomic E-state index is -1.24. The van der Waals surface area contributed by atoms with Gasteiger partial charge in [0, 0.05) is 16.7 Å². The maximum absolute atomic E-state index is 12.3. The Balaban J connectivity index is 2.56. The number of fused-ring (bicyclic) bond motifs is 1. The number of allylic oxidation sites excluding steroid dienone is 1. The van der Waals surface area contributed by atoms with Crippen molar-refractivity contribution in [2.75, 3.05) is 0 Å². The molecule has 0 aliphatic heterocycles. The first-order chi connectivity index (χ1) is 8.35.